The third-order valence-electron chi connectivity index (χ3n) is 3.67. The Morgan fingerprint density at radius 3 is 3.19 bits per heavy atom. The molecule has 0 aliphatic carbocycles. The van der Waals surface area contributed by atoms with E-state index in [4.69, 9.17) is 4.74 Å². The first-order chi connectivity index (χ1) is 10.3. The van der Waals surface area contributed by atoms with Gasteiger partial charge in [0.1, 0.15) is 0 Å². The monoisotopic (exact) mass is 286 g/mol. The van der Waals surface area contributed by atoms with Crippen LogP contribution in [-0.2, 0) is 11.2 Å². The number of carbonyl (C=O) groups excluding carboxylic acids is 1. The molecule has 1 saturated heterocycles. The number of hydrogen-bond donors (Lipinski definition) is 2. The maximum Gasteiger partial charge on any atom is 0.254 e. The first-order valence-corrected chi connectivity index (χ1v) is 7.12. The van der Waals surface area contributed by atoms with Gasteiger partial charge >= 0.3 is 0 Å². The fourth-order valence-electron chi connectivity index (χ4n) is 2.51. The van der Waals surface area contributed by atoms with Crippen LogP contribution in [0.2, 0.25) is 0 Å². The first kappa shape index (κ1) is 13.8. The van der Waals surface area contributed by atoms with Crippen LogP contribution in [0.4, 0.5) is 0 Å². The van der Waals surface area contributed by atoms with Crippen LogP contribution in [0.15, 0.2) is 30.7 Å². The minimum absolute atomic E-state index is 0.0884. The van der Waals surface area contributed by atoms with E-state index in [9.17, 15) is 4.79 Å². The average molecular weight is 286 g/mol. The van der Waals surface area contributed by atoms with Crippen molar-refractivity contribution in [3.63, 3.8) is 0 Å². The minimum atomic E-state index is -0.0884. The Morgan fingerprint density at radius 2 is 2.43 bits per heavy atom. The number of H-pyrrole nitrogens is 1. The molecular formula is C15H18N4O2. The van der Waals surface area contributed by atoms with E-state index in [1.165, 1.54) is 0 Å². The molecule has 0 bridgehead atoms. The van der Waals surface area contributed by atoms with Gasteiger partial charge in [-0.2, -0.15) is 5.10 Å². The van der Waals surface area contributed by atoms with Gasteiger partial charge in [-0.3, -0.25) is 14.9 Å². The summed E-state index contributed by atoms with van der Waals surface area (Å²) < 4.78 is 5.37. The first-order valence-electron chi connectivity index (χ1n) is 7.12. The molecule has 2 N–H and O–H groups in total. The lowest BCUT2D eigenvalue weighted by molar-refractivity contribution is 0.0952. The van der Waals surface area contributed by atoms with Crippen LogP contribution in [-0.4, -0.2) is 40.8 Å². The predicted octanol–water partition coefficient (Wildman–Crippen LogP) is 1.28. The number of nitrogens with one attached hydrogen (secondary N) is 2. The normalized spacial score (nSPS) is 17.8. The van der Waals surface area contributed by atoms with Crippen LogP contribution >= 0.6 is 0 Å². The number of carbonyl (C=O) groups is 1. The highest BCUT2D eigenvalue weighted by Gasteiger charge is 2.24. The minimum Gasteiger partial charge on any atom is -0.381 e. The summed E-state index contributed by atoms with van der Waals surface area (Å²) >= 11 is 0. The van der Waals surface area contributed by atoms with Crippen molar-refractivity contribution >= 4 is 5.91 Å². The summed E-state index contributed by atoms with van der Waals surface area (Å²) in [5.74, 6) is 0.154. The molecule has 1 unspecified atom stereocenters. The molecule has 2 aromatic heterocycles. The molecule has 6 nitrogen and oxygen atoms in total. The van der Waals surface area contributed by atoms with E-state index in [1.807, 2.05) is 18.3 Å². The molecule has 110 valence electrons. The number of ether oxygens (including phenoxy) is 1. The van der Waals surface area contributed by atoms with Gasteiger partial charge in [0, 0.05) is 31.5 Å². The van der Waals surface area contributed by atoms with E-state index in [1.54, 1.807) is 12.4 Å². The third kappa shape index (κ3) is 3.28. The molecule has 3 heterocycles. The Kier molecular flexibility index (Phi) is 4.25. The molecule has 1 fully saturated rings. The molecule has 2 aromatic rings. The predicted molar refractivity (Wildman–Crippen MR) is 77.0 cm³/mol. The van der Waals surface area contributed by atoms with Gasteiger partial charge in [-0.25, -0.2) is 0 Å². The fourth-order valence-corrected chi connectivity index (χ4v) is 2.51. The van der Waals surface area contributed by atoms with Crippen molar-refractivity contribution in [2.75, 3.05) is 19.8 Å². The molecule has 1 aliphatic heterocycles. The lowest BCUT2D eigenvalue weighted by atomic mass is 10.0. The van der Waals surface area contributed by atoms with Crippen LogP contribution in [0.1, 0.15) is 34.0 Å². The van der Waals surface area contributed by atoms with Crippen molar-refractivity contribution in [3.8, 4) is 0 Å². The largest absolute Gasteiger partial charge is 0.381 e. The molecule has 0 saturated carbocycles. The lowest BCUT2D eigenvalue weighted by Gasteiger charge is -2.09. The number of pyridine rings is 1. The average Bonchev–Trinajstić information content (AvgIpc) is 3.19. The van der Waals surface area contributed by atoms with E-state index in [-0.39, 0.29) is 11.8 Å². The Bertz CT molecular complexity index is 591. The van der Waals surface area contributed by atoms with Crippen molar-refractivity contribution < 1.29 is 9.53 Å². The summed E-state index contributed by atoms with van der Waals surface area (Å²) in [6.45, 7) is 1.97. The maximum atomic E-state index is 12.2. The number of nitrogens with zero attached hydrogens (tertiary/aromatic N) is 2. The molecular weight excluding hydrogens is 268 g/mol. The van der Waals surface area contributed by atoms with Crippen LogP contribution in [0, 0.1) is 0 Å². The van der Waals surface area contributed by atoms with Crippen LogP contribution < -0.4 is 5.32 Å². The van der Waals surface area contributed by atoms with E-state index in [0.717, 1.165) is 30.7 Å². The summed E-state index contributed by atoms with van der Waals surface area (Å²) in [5, 5.41) is 9.87. The van der Waals surface area contributed by atoms with Gasteiger partial charge in [0.15, 0.2) is 0 Å². The lowest BCUT2D eigenvalue weighted by Crippen LogP contribution is -2.26. The van der Waals surface area contributed by atoms with Gasteiger partial charge in [-0.05, 0) is 24.5 Å². The van der Waals surface area contributed by atoms with E-state index in [0.29, 0.717) is 18.7 Å². The third-order valence-corrected chi connectivity index (χ3v) is 3.67. The standard InChI is InChI=1S/C15H18N4O2/c20-15(17-6-3-11-2-1-5-16-8-11)13-9-18-19-14(13)12-4-7-21-10-12/h1-2,5,8-9,12H,3-4,6-7,10H2,(H,17,20)(H,18,19). The molecule has 21 heavy (non-hydrogen) atoms. The summed E-state index contributed by atoms with van der Waals surface area (Å²) in [7, 11) is 0. The highest BCUT2D eigenvalue weighted by atomic mass is 16.5. The number of aromatic amines is 1. The van der Waals surface area contributed by atoms with E-state index in [2.05, 4.69) is 20.5 Å². The fraction of sp³-hybridized carbons (Fsp3) is 0.400. The maximum absolute atomic E-state index is 12.2. The highest BCUT2D eigenvalue weighted by molar-refractivity contribution is 5.95. The van der Waals surface area contributed by atoms with E-state index < -0.39 is 0 Å². The van der Waals surface area contributed by atoms with Crippen molar-refractivity contribution in [1.82, 2.24) is 20.5 Å². The van der Waals surface area contributed by atoms with Crippen molar-refractivity contribution in [2.45, 2.75) is 18.8 Å². The Hall–Kier alpha value is -2.21. The number of amides is 1. The number of aromatic nitrogens is 3. The zero-order valence-electron chi connectivity index (χ0n) is 11.7. The van der Waals surface area contributed by atoms with Gasteiger partial charge in [0.2, 0.25) is 0 Å². The highest BCUT2D eigenvalue weighted by Crippen LogP contribution is 2.25. The van der Waals surface area contributed by atoms with Gasteiger partial charge in [0.25, 0.3) is 5.91 Å². The zero-order valence-corrected chi connectivity index (χ0v) is 11.7. The van der Waals surface area contributed by atoms with Crippen molar-refractivity contribution in [2.24, 2.45) is 0 Å². The van der Waals surface area contributed by atoms with Crippen LogP contribution in [0.3, 0.4) is 0 Å². The van der Waals surface area contributed by atoms with Gasteiger partial charge in [-0.1, -0.05) is 6.07 Å². The summed E-state index contributed by atoms with van der Waals surface area (Å²) in [4.78, 5) is 16.3. The van der Waals surface area contributed by atoms with Crippen molar-refractivity contribution in [3.05, 3.63) is 47.5 Å². The Morgan fingerprint density at radius 1 is 1.48 bits per heavy atom. The van der Waals surface area contributed by atoms with Crippen LogP contribution in [0.5, 0.6) is 0 Å². The SMILES string of the molecule is O=C(NCCc1cccnc1)c1cn[nH]c1C1CCOC1. The summed E-state index contributed by atoms with van der Waals surface area (Å²) in [5.41, 5.74) is 2.61. The molecule has 1 atom stereocenters. The van der Waals surface area contributed by atoms with E-state index >= 15 is 0 Å². The second-order valence-electron chi connectivity index (χ2n) is 5.13. The second-order valence-corrected chi connectivity index (χ2v) is 5.13. The van der Waals surface area contributed by atoms with Gasteiger partial charge in [-0.15, -0.1) is 0 Å². The Balaban J connectivity index is 1.57. The molecule has 6 heteroatoms. The number of rotatable bonds is 5. The van der Waals surface area contributed by atoms with Gasteiger partial charge in [0.05, 0.1) is 24.1 Å². The van der Waals surface area contributed by atoms with Crippen molar-refractivity contribution in [1.29, 1.82) is 0 Å². The molecule has 1 amide bonds. The zero-order chi connectivity index (χ0) is 14.5. The molecule has 3 rings (SSSR count). The summed E-state index contributed by atoms with van der Waals surface area (Å²) in [6.07, 6.45) is 6.83. The molecule has 0 aromatic carbocycles. The Labute approximate surface area is 122 Å². The molecule has 0 spiro atoms. The quantitative estimate of drug-likeness (QED) is 0.867. The second kappa shape index (κ2) is 6.49. The topological polar surface area (TPSA) is 79.9 Å². The number of hydrogen-bond acceptors (Lipinski definition) is 4. The smallest absolute Gasteiger partial charge is 0.254 e. The molecule has 1 aliphatic rings. The molecule has 0 radical (unpaired) electrons. The van der Waals surface area contributed by atoms with Crippen LogP contribution in [0.25, 0.3) is 0 Å². The summed E-state index contributed by atoms with van der Waals surface area (Å²) in [6, 6.07) is 3.89. The van der Waals surface area contributed by atoms with Gasteiger partial charge < -0.3 is 10.1 Å².